The van der Waals surface area contributed by atoms with Crippen LogP contribution < -0.4 is 0 Å². The molecule has 33 heavy (non-hydrogen) atoms. The summed E-state index contributed by atoms with van der Waals surface area (Å²) in [4.78, 5) is 16.3. The molecule has 0 bridgehead atoms. The Morgan fingerprint density at radius 2 is 1.82 bits per heavy atom. The summed E-state index contributed by atoms with van der Waals surface area (Å²) in [7, 11) is 0. The van der Waals surface area contributed by atoms with Gasteiger partial charge in [0, 0.05) is 47.1 Å². The summed E-state index contributed by atoms with van der Waals surface area (Å²) in [6, 6.07) is 7.68. The third-order valence-electron chi connectivity index (χ3n) is 6.88. The van der Waals surface area contributed by atoms with Gasteiger partial charge < -0.3 is 10.1 Å². The number of carboxylic acids is 1. The average Bonchev–Trinajstić information content (AvgIpc) is 3.09. The lowest BCUT2D eigenvalue weighted by Crippen LogP contribution is -2.57. The quantitative estimate of drug-likeness (QED) is 0.391. The van der Waals surface area contributed by atoms with Gasteiger partial charge in [-0.2, -0.15) is 0 Å². The molecule has 1 aliphatic heterocycles. The maximum atomic E-state index is 15.4. The van der Waals surface area contributed by atoms with Crippen LogP contribution in [0.4, 0.5) is 17.6 Å². The Labute approximate surface area is 187 Å². The van der Waals surface area contributed by atoms with E-state index in [1.54, 1.807) is 4.90 Å². The number of para-hydroxylation sites is 1. The lowest BCUT2D eigenvalue weighted by molar-refractivity contribution is -0.139. The molecule has 2 atom stereocenters. The summed E-state index contributed by atoms with van der Waals surface area (Å²) >= 11 is 0. The first kappa shape index (κ1) is 21.7. The van der Waals surface area contributed by atoms with E-state index in [-0.39, 0.29) is 30.0 Å². The third-order valence-corrected chi connectivity index (χ3v) is 6.88. The van der Waals surface area contributed by atoms with Crippen LogP contribution in [-0.2, 0) is 11.2 Å². The van der Waals surface area contributed by atoms with Gasteiger partial charge >= 0.3 is 5.97 Å². The van der Waals surface area contributed by atoms with E-state index in [1.165, 1.54) is 0 Å². The Bertz CT molecular complexity index is 1270. The Morgan fingerprint density at radius 1 is 1.18 bits per heavy atom. The first-order valence-electron chi connectivity index (χ1n) is 10.7. The van der Waals surface area contributed by atoms with Crippen LogP contribution in [0.15, 0.2) is 43.0 Å². The molecule has 0 unspecified atom stereocenters. The fraction of sp³-hybridized carbons (Fsp3) is 0.320. The molecule has 2 N–H and O–H groups in total. The van der Waals surface area contributed by atoms with E-state index < -0.39 is 41.2 Å². The monoisotopic (exact) mass is 458 g/mol. The number of carbonyl (C=O) groups is 1. The standard InChI is InChI=1S/C25H22F4N2O2/c1-12-7-17-16-5-3-4-6-20(16)30-22(17)23(31(12)15-10-25(28,29)11-15)21-18(26)8-14(9-19(21)27)13(2)24(32)33/h3-6,8-9,12,15,23,30H,2,7,10-11H2,1H3,(H,32,33)/t12-,23-/m0/s1. The van der Waals surface area contributed by atoms with Gasteiger partial charge in [0.2, 0.25) is 0 Å². The van der Waals surface area contributed by atoms with Crippen molar-refractivity contribution in [3.8, 4) is 0 Å². The zero-order valence-electron chi connectivity index (χ0n) is 17.8. The molecule has 0 amide bonds. The average molecular weight is 458 g/mol. The van der Waals surface area contributed by atoms with E-state index in [0.29, 0.717) is 12.1 Å². The molecular formula is C25H22F4N2O2. The summed E-state index contributed by atoms with van der Waals surface area (Å²) in [5.41, 5.74) is 1.39. The molecule has 1 saturated carbocycles. The summed E-state index contributed by atoms with van der Waals surface area (Å²) in [5.74, 6) is -6.06. The van der Waals surface area contributed by atoms with Gasteiger partial charge in [-0.1, -0.05) is 24.8 Å². The number of hydrogen-bond donors (Lipinski definition) is 2. The van der Waals surface area contributed by atoms with Crippen LogP contribution in [-0.4, -0.2) is 39.0 Å². The van der Waals surface area contributed by atoms with Crippen molar-refractivity contribution >= 4 is 22.4 Å². The summed E-state index contributed by atoms with van der Waals surface area (Å²) in [5, 5.41) is 10.1. The zero-order valence-corrected chi connectivity index (χ0v) is 17.8. The highest BCUT2D eigenvalue weighted by Crippen LogP contribution is 2.50. The van der Waals surface area contributed by atoms with Crippen molar-refractivity contribution in [3.05, 3.63) is 77.0 Å². The van der Waals surface area contributed by atoms with Crippen molar-refractivity contribution in [1.29, 1.82) is 0 Å². The number of carboxylic acid groups (broad SMARTS) is 1. The minimum absolute atomic E-state index is 0.177. The third kappa shape index (κ3) is 3.44. The van der Waals surface area contributed by atoms with Crippen molar-refractivity contribution < 1.29 is 27.5 Å². The highest BCUT2D eigenvalue weighted by Gasteiger charge is 2.52. The molecule has 0 radical (unpaired) electrons. The maximum Gasteiger partial charge on any atom is 0.335 e. The van der Waals surface area contributed by atoms with Crippen molar-refractivity contribution in [2.24, 2.45) is 0 Å². The second-order valence-electron chi connectivity index (χ2n) is 9.02. The minimum atomic E-state index is -2.80. The van der Waals surface area contributed by atoms with Gasteiger partial charge in [-0.25, -0.2) is 22.4 Å². The van der Waals surface area contributed by atoms with E-state index in [1.807, 2.05) is 31.2 Å². The first-order valence-corrected chi connectivity index (χ1v) is 10.7. The van der Waals surface area contributed by atoms with Crippen molar-refractivity contribution in [2.75, 3.05) is 0 Å². The molecule has 2 aliphatic rings. The van der Waals surface area contributed by atoms with E-state index in [9.17, 15) is 13.6 Å². The predicted molar refractivity (Wildman–Crippen MR) is 116 cm³/mol. The van der Waals surface area contributed by atoms with Crippen LogP contribution in [0.1, 0.15) is 48.2 Å². The van der Waals surface area contributed by atoms with Crippen molar-refractivity contribution in [3.63, 3.8) is 0 Å². The number of fused-ring (bicyclic) bond motifs is 3. The van der Waals surface area contributed by atoms with Crippen LogP contribution in [0.3, 0.4) is 0 Å². The molecule has 4 nitrogen and oxygen atoms in total. The molecule has 1 aliphatic carbocycles. The number of hydrogen-bond acceptors (Lipinski definition) is 2. The van der Waals surface area contributed by atoms with Crippen LogP contribution >= 0.6 is 0 Å². The normalized spacial score (nSPS) is 22.7. The Morgan fingerprint density at radius 3 is 2.42 bits per heavy atom. The lowest BCUT2D eigenvalue weighted by atomic mass is 9.80. The van der Waals surface area contributed by atoms with Crippen molar-refractivity contribution in [1.82, 2.24) is 9.88 Å². The van der Waals surface area contributed by atoms with Crippen LogP contribution in [0.25, 0.3) is 16.5 Å². The fourth-order valence-corrected chi connectivity index (χ4v) is 5.33. The Hall–Kier alpha value is -3.13. The van der Waals surface area contributed by atoms with Gasteiger partial charge in [-0.05, 0) is 42.7 Å². The van der Waals surface area contributed by atoms with Gasteiger partial charge in [0.05, 0.1) is 11.6 Å². The van der Waals surface area contributed by atoms with E-state index >= 15 is 8.78 Å². The molecule has 2 heterocycles. The minimum Gasteiger partial charge on any atom is -0.478 e. The molecule has 3 aromatic rings. The largest absolute Gasteiger partial charge is 0.478 e. The Kier molecular flexibility index (Phi) is 4.90. The van der Waals surface area contributed by atoms with E-state index in [0.717, 1.165) is 28.6 Å². The zero-order chi connectivity index (χ0) is 23.7. The number of nitrogens with one attached hydrogen (secondary N) is 1. The van der Waals surface area contributed by atoms with Gasteiger partial charge in [-0.3, -0.25) is 4.90 Å². The molecule has 1 fully saturated rings. The molecule has 172 valence electrons. The number of nitrogens with zero attached hydrogens (tertiary/aromatic N) is 1. The second-order valence-corrected chi connectivity index (χ2v) is 9.02. The topological polar surface area (TPSA) is 56.3 Å². The predicted octanol–water partition coefficient (Wildman–Crippen LogP) is 5.68. The van der Waals surface area contributed by atoms with Gasteiger partial charge in [0.15, 0.2) is 0 Å². The van der Waals surface area contributed by atoms with E-state index in [4.69, 9.17) is 5.11 Å². The summed E-state index contributed by atoms with van der Waals surface area (Å²) < 4.78 is 58.5. The Balaban J connectivity index is 1.70. The number of aromatic nitrogens is 1. The number of H-pyrrole nitrogens is 1. The smallest absolute Gasteiger partial charge is 0.335 e. The van der Waals surface area contributed by atoms with Gasteiger partial charge in [0.25, 0.3) is 5.92 Å². The first-order chi connectivity index (χ1) is 15.6. The number of aromatic amines is 1. The molecule has 0 saturated heterocycles. The molecule has 1 aromatic heterocycles. The second kappa shape index (κ2) is 7.45. The number of benzene rings is 2. The molecule has 5 rings (SSSR count). The van der Waals surface area contributed by atoms with E-state index in [2.05, 4.69) is 11.6 Å². The highest BCUT2D eigenvalue weighted by molar-refractivity contribution is 6.14. The number of rotatable bonds is 4. The molecule has 8 heteroatoms. The van der Waals surface area contributed by atoms with Gasteiger partial charge in [0.1, 0.15) is 11.6 Å². The molecule has 2 aromatic carbocycles. The highest BCUT2D eigenvalue weighted by atomic mass is 19.3. The molecule has 0 spiro atoms. The van der Waals surface area contributed by atoms with Crippen LogP contribution in [0, 0.1) is 11.6 Å². The fourth-order valence-electron chi connectivity index (χ4n) is 5.33. The molecular weight excluding hydrogens is 436 g/mol. The SMILES string of the molecule is C=C(C(=O)O)c1cc(F)c([C@H]2c3[nH]c4ccccc4c3C[C@H](C)N2C2CC(F)(F)C2)c(F)c1. The van der Waals surface area contributed by atoms with Crippen LogP contribution in [0.2, 0.25) is 0 Å². The number of halogens is 4. The number of alkyl halides is 2. The summed E-state index contributed by atoms with van der Waals surface area (Å²) in [6.45, 7) is 5.25. The van der Waals surface area contributed by atoms with Crippen molar-refractivity contribution in [2.45, 2.75) is 50.2 Å². The summed E-state index contributed by atoms with van der Waals surface area (Å²) in [6.07, 6.45) is -0.198. The maximum absolute atomic E-state index is 15.4. The number of aliphatic carboxylic acids is 1. The van der Waals surface area contributed by atoms with Crippen LogP contribution in [0.5, 0.6) is 0 Å². The lowest BCUT2D eigenvalue weighted by Gasteiger charge is -2.51. The van der Waals surface area contributed by atoms with Gasteiger partial charge in [-0.15, -0.1) is 0 Å².